The molecular formula is C28H47NO3. The van der Waals surface area contributed by atoms with E-state index >= 15 is 0 Å². The normalized spacial score (nSPS) is 40.1. The molecule has 0 aliphatic heterocycles. The molecule has 0 aromatic heterocycles. The molecule has 4 unspecified atom stereocenters. The molecule has 4 aliphatic carbocycles. The van der Waals surface area contributed by atoms with Crippen molar-refractivity contribution in [1.82, 2.24) is 5.32 Å². The summed E-state index contributed by atoms with van der Waals surface area (Å²) >= 11 is 0. The molecule has 182 valence electrons. The number of rotatable bonds is 8. The van der Waals surface area contributed by atoms with E-state index in [1.165, 1.54) is 44.9 Å². The number of aliphatic carboxylic acids is 1. The van der Waals surface area contributed by atoms with Crippen molar-refractivity contribution in [1.29, 1.82) is 0 Å². The average molecular weight is 446 g/mol. The van der Waals surface area contributed by atoms with Crippen molar-refractivity contribution in [3.05, 3.63) is 11.6 Å². The monoisotopic (exact) mass is 445 g/mol. The first-order valence-corrected chi connectivity index (χ1v) is 13.4. The van der Waals surface area contributed by atoms with Gasteiger partial charge in [-0.25, -0.2) is 0 Å². The molecular weight excluding hydrogens is 398 g/mol. The van der Waals surface area contributed by atoms with E-state index in [1.54, 1.807) is 5.57 Å². The smallest absolute Gasteiger partial charge is 0.304 e. The topological polar surface area (TPSA) is 69.6 Å². The highest BCUT2D eigenvalue weighted by Crippen LogP contribution is 2.64. The van der Waals surface area contributed by atoms with Crippen molar-refractivity contribution in [2.75, 3.05) is 6.54 Å². The van der Waals surface area contributed by atoms with Gasteiger partial charge < -0.3 is 15.5 Å². The Labute approximate surface area is 195 Å². The molecule has 3 saturated carbocycles. The number of carboxylic acid groups (broad SMARTS) is 1. The second-order valence-corrected chi connectivity index (χ2v) is 12.7. The van der Waals surface area contributed by atoms with Crippen molar-refractivity contribution in [3.8, 4) is 0 Å². The second kappa shape index (κ2) is 9.41. The first-order chi connectivity index (χ1) is 15.1. The van der Waals surface area contributed by atoms with Gasteiger partial charge in [0.2, 0.25) is 0 Å². The van der Waals surface area contributed by atoms with E-state index in [0.29, 0.717) is 23.9 Å². The van der Waals surface area contributed by atoms with Crippen molar-refractivity contribution in [2.45, 2.75) is 110 Å². The van der Waals surface area contributed by atoms with E-state index in [2.05, 4.69) is 25.2 Å². The molecule has 0 heterocycles. The summed E-state index contributed by atoms with van der Waals surface area (Å²) in [7, 11) is 0. The van der Waals surface area contributed by atoms with Crippen LogP contribution in [0.5, 0.6) is 0 Å². The summed E-state index contributed by atoms with van der Waals surface area (Å²) in [6.07, 6.45) is 15.3. The number of hydrogen-bond acceptors (Lipinski definition) is 3. The van der Waals surface area contributed by atoms with Gasteiger partial charge in [0.05, 0.1) is 12.0 Å². The number of carboxylic acids is 1. The van der Waals surface area contributed by atoms with Gasteiger partial charge in [-0.2, -0.15) is 0 Å². The largest absolute Gasteiger partial charge is 0.481 e. The van der Waals surface area contributed by atoms with Crippen LogP contribution in [0.3, 0.4) is 0 Å². The van der Waals surface area contributed by atoms with Gasteiger partial charge in [0.1, 0.15) is 0 Å². The molecule has 4 rings (SSSR count). The highest BCUT2D eigenvalue weighted by atomic mass is 16.4. The van der Waals surface area contributed by atoms with Gasteiger partial charge in [0.25, 0.3) is 0 Å². The summed E-state index contributed by atoms with van der Waals surface area (Å²) in [5.41, 5.74) is 1.62. The standard InChI is InChI=1S/C28H47NO3/c1-18(11-14-27(2,3)32)24-9-10-25-23-7-5-19-17-20(29-16-13-26(30)31)6-8-21(19)22(23)12-15-28(24,25)4/h5,18,20-25,29,32H,6-17H2,1-4H3,(H,30,31)/t18?,20-,21-,22?,23?,24+,25?,28+/m0/s1. The minimum absolute atomic E-state index is 0.222. The zero-order chi connectivity index (χ0) is 23.1. The Morgan fingerprint density at radius 1 is 1.22 bits per heavy atom. The molecule has 3 N–H and O–H groups in total. The minimum atomic E-state index is -0.708. The molecule has 0 aromatic carbocycles. The van der Waals surface area contributed by atoms with Gasteiger partial charge in [-0.05, 0) is 119 Å². The third-order valence-electron chi connectivity index (χ3n) is 10.2. The first kappa shape index (κ1) is 24.3. The van der Waals surface area contributed by atoms with Crippen molar-refractivity contribution < 1.29 is 15.0 Å². The van der Waals surface area contributed by atoms with Crippen LogP contribution in [0.1, 0.15) is 98.3 Å². The Bertz CT molecular complexity index is 710. The van der Waals surface area contributed by atoms with Crippen molar-refractivity contribution in [3.63, 3.8) is 0 Å². The molecule has 0 aromatic rings. The van der Waals surface area contributed by atoms with Crippen LogP contribution in [0, 0.1) is 40.9 Å². The van der Waals surface area contributed by atoms with Crippen molar-refractivity contribution >= 4 is 5.97 Å². The molecule has 4 heteroatoms. The Morgan fingerprint density at radius 2 is 2.00 bits per heavy atom. The Balaban J connectivity index is 1.39. The fourth-order valence-electron chi connectivity index (χ4n) is 8.59. The first-order valence-electron chi connectivity index (χ1n) is 13.4. The van der Waals surface area contributed by atoms with Gasteiger partial charge in [-0.15, -0.1) is 0 Å². The highest BCUT2D eigenvalue weighted by Gasteiger charge is 2.56. The fourth-order valence-corrected chi connectivity index (χ4v) is 8.59. The maximum atomic E-state index is 10.8. The van der Waals surface area contributed by atoms with E-state index < -0.39 is 11.6 Å². The maximum absolute atomic E-state index is 10.8. The lowest BCUT2D eigenvalue weighted by molar-refractivity contribution is -0.136. The molecule has 4 nitrogen and oxygen atoms in total. The summed E-state index contributed by atoms with van der Waals surface area (Å²) in [5.74, 6) is 4.21. The molecule has 32 heavy (non-hydrogen) atoms. The van der Waals surface area contributed by atoms with Crippen molar-refractivity contribution in [2.24, 2.45) is 40.9 Å². The summed E-state index contributed by atoms with van der Waals surface area (Å²) in [5, 5.41) is 22.6. The fraction of sp³-hybridized carbons (Fsp3) is 0.893. The van der Waals surface area contributed by atoms with E-state index in [0.717, 1.165) is 48.9 Å². The van der Waals surface area contributed by atoms with Gasteiger partial charge in [0.15, 0.2) is 0 Å². The zero-order valence-electron chi connectivity index (χ0n) is 20.9. The lowest BCUT2D eigenvalue weighted by Crippen LogP contribution is -2.48. The molecule has 8 atom stereocenters. The molecule has 3 fully saturated rings. The number of carbonyl (C=O) groups is 1. The SMILES string of the molecule is CC(CCC(C)(C)O)[C@H]1CCC2C3CC=C4C[C@@H](NCCC(=O)O)CC[C@@H]4C3CC[C@@]21C. The highest BCUT2D eigenvalue weighted by molar-refractivity contribution is 5.66. The lowest BCUT2D eigenvalue weighted by atomic mass is 9.51. The van der Waals surface area contributed by atoms with E-state index in [4.69, 9.17) is 5.11 Å². The van der Waals surface area contributed by atoms with Gasteiger partial charge in [0, 0.05) is 12.6 Å². The Hall–Kier alpha value is -0.870. The predicted molar refractivity (Wildman–Crippen MR) is 129 cm³/mol. The van der Waals surface area contributed by atoms with E-state index in [9.17, 15) is 9.90 Å². The van der Waals surface area contributed by atoms with Crippen LogP contribution in [0.25, 0.3) is 0 Å². The number of hydrogen-bond donors (Lipinski definition) is 3. The Kier molecular flexibility index (Phi) is 7.13. The van der Waals surface area contributed by atoms with Crippen LogP contribution >= 0.6 is 0 Å². The molecule has 0 bridgehead atoms. The van der Waals surface area contributed by atoms with Crippen LogP contribution in [-0.4, -0.2) is 34.4 Å². The lowest BCUT2D eigenvalue weighted by Gasteiger charge is -2.54. The summed E-state index contributed by atoms with van der Waals surface area (Å²) in [4.78, 5) is 10.8. The van der Waals surface area contributed by atoms with Crippen LogP contribution in [0.4, 0.5) is 0 Å². The van der Waals surface area contributed by atoms with Crippen LogP contribution < -0.4 is 5.32 Å². The number of aliphatic hydroxyl groups is 1. The summed E-state index contributed by atoms with van der Waals surface area (Å²) in [6, 6.07) is 0.467. The molecule has 0 radical (unpaired) electrons. The molecule has 0 spiro atoms. The summed E-state index contributed by atoms with van der Waals surface area (Å²) < 4.78 is 0. The zero-order valence-corrected chi connectivity index (χ0v) is 20.9. The number of allylic oxidation sites excluding steroid dienone is 1. The third kappa shape index (κ3) is 4.97. The minimum Gasteiger partial charge on any atom is -0.481 e. The van der Waals surface area contributed by atoms with E-state index in [1.807, 2.05) is 13.8 Å². The quantitative estimate of drug-likeness (QED) is 0.413. The number of fused-ring (bicyclic) bond motifs is 5. The molecule has 4 aliphatic rings. The average Bonchev–Trinajstić information content (AvgIpc) is 3.08. The summed E-state index contributed by atoms with van der Waals surface area (Å²) in [6.45, 7) is 9.57. The molecule has 0 amide bonds. The third-order valence-corrected chi connectivity index (χ3v) is 10.2. The van der Waals surface area contributed by atoms with Crippen LogP contribution in [0.2, 0.25) is 0 Å². The van der Waals surface area contributed by atoms with Gasteiger partial charge in [-0.1, -0.05) is 25.5 Å². The van der Waals surface area contributed by atoms with Gasteiger partial charge in [-0.3, -0.25) is 4.79 Å². The van der Waals surface area contributed by atoms with Crippen LogP contribution in [-0.2, 0) is 4.79 Å². The van der Waals surface area contributed by atoms with Gasteiger partial charge >= 0.3 is 5.97 Å². The van der Waals surface area contributed by atoms with Crippen LogP contribution in [0.15, 0.2) is 11.6 Å². The molecule has 0 saturated heterocycles. The van der Waals surface area contributed by atoms with E-state index in [-0.39, 0.29) is 6.42 Å². The maximum Gasteiger partial charge on any atom is 0.304 e. The predicted octanol–water partition coefficient (Wildman–Crippen LogP) is 5.80. The Morgan fingerprint density at radius 3 is 2.72 bits per heavy atom. The number of nitrogens with one attached hydrogen (secondary N) is 1. The second-order valence-electron chi connectivity index (χ2n) is 12.7.